The molecule has 0 unspecified atom stereocenters. The maximum Gasteiger partial charge on any atom is 0.261 e. The van der Waals surface area contributed by atoms with Crippen molar-refractivity contribution in [2.45, 2.75) is 35.5 Å². The average molecular weight is 435 g/mol. The van der Waals surface area contributed by atoms with Crippen LogP contribution >= 0.6 is 11.8 Å². The minimum absolute atomic E-state index is 0.0660. The van der Waals surface area contributed by atoms with Gasteiger partial charge in [-0.15, -0.1) is 11.8 Å². The van der Waals surface area contributed by atoms with Crippen molar-refractivity contribution in [2.24, 2.45) is 0 Å². The first-order valence-electron chi connectivity index (χ1n) is 9.59. The number of amides is 1. The summed E-state index contributed by atoms with van der Waals surface area (Å²) >= 11 is 1.44. The quantitative estimate of drug-likeness (QED) is 0.689. The fourth-order valence-corrected chi connectivity index (χ4v) is 5.01. The van der Waals surface area contributed by atoms with Gasteiger partial charge in [0.2, 0.25) is 0 Å². The van der Waals surface area contributed by atoms with Crippen LogP contribution in [0.4, 0.5) is 5.69 Å². The molecule has 3 rings (SSSR count). The zero-order valence-electron chi connectivity index (χ0n) is 16.7. The molecule has 1 fully saturated rings. The second-order valence-corrected chi connectivity index (χ2v) is 9.44. The molecule has 29 heavy (non-hydrogen) atoms. The molecule has 0 saturated carbocycles. The summed E-state index contributed by atoms with van der Waals surface area (Å²) in [6, 6.07) is 11.4. The van der Waals surface area contributed by atoms with Gasteiger partial charge in [0, 0.05) is 24.1 Å². The molecule has 1 saturated heterocycles. The highest BCUT2D eigenvalue weighted by molar-refractivity contribution is 7.98. The van der Waals surface area contributed by atoms with Crippen LogP contribution in [0.5, 0.6) is 5.75 Å². The van der Waals surface area contributed by atoms with E-state index in [2.05, 4.69) is 4.72 Å². The summed E-state index contributed by atoms with van der Waals surface area (Å²) in [6.45, 7) is 1.43. The Morgan fingerprint density at radius 1 is 1.07 bits per heavy atom. The molecule has 2 aromatic carbocycles. The molecule has 1 aliphatic rings. The van der Waals surface area contributed by atoms with E-state index < -0.39 is 10.0 Å². The van der Waals surface area contributed by atoms with Crippen LogP contribution in [0.25, 0.3) is 0 Å². The first-order chi connectivity index (χ1) is 13.9. The van der Waals surface area contributed by atoms with E-state index in [1.54, 1.807) is 30.3 Å². The second kappa shape index (κ2) is 9.54. The van der Waals surface area contributed by atoms with E-state index in [9.17, 15) is 13.2 Å². The predicted molar refractivity (Wildman–Crippen MR) is 116 cm³/mol. The lowest BCUT2D eigenvalue weighted by molar-refractivity contribution is 0.0758. The Bertz CT molecular complexity index is 968. The Balaban J connectivity index is 1.91. The summed E-state index contributed by atoms with van der Waals surface area (Å²) in [5.41, 5.74) is 0.839. The highest BCUT2D eigenvalue weighted by Crippen LogP contribution is 2.27. The first kappa shape index (κ1) is 21.5. The number of ether oxygens (including phenoxy) is 1. The van der Waals surface area contributed by atoms with Crippen LogP contribution in [0.15, 0.2) is 52.3 Å². The van der Waals surface area contributed by atoms with Gasteiger partial charge in [-0.25, -0.2) is 8.42 Å². The number of hydrogen-bond donors (Lipinski definition) is 1. The number of carbonyl (C=O) groups excluding carboxylic acids is 1. The second-order valence-electron chi connectivity index (χ2n) is 6.91. The third-order valence-electron chi connectivity index (χ3n) is 4.93. The number of benzene rings is 2. The fraction of sp³-hybridized carbons (Fsp3) is 0.381. The van der Waals surface area contributed by atoms with Gasteiger partial charge in [-0.2, -0.15) is 0 Å². The molecule has 1 heterocycles. The molecule has 0 atom stereocenters. The number of nitrogens with zero attached hydrogens (tertiary/aromatic N) is 1. The molecule has 156 valence electrons. The van der Waals surface area contributed by atoms with Gasteiger partial charge in [-0.3, -0.25) is 9.52 Å². The predicted octanol–water partition coefficient (Wildman–Crippen LogP) is 4.23. The lowest BCUT2D eigenvalue weighted by Crippen LogP contribution is -2.32. The Kier molecular flexibility index (Phi) is 7.08. The average Bonchev–Trinajstić information content (AvgIpc) is 3.02. The zero-order chi connectivity index (χ0) is 20.9. The maximum absolute atomic E-state index is 13.1. The van der Waals surface area contributed by atoms with E-state index in [-0.39, 0.29) is 10.8 Å². The number of sulfonamides is 1. The van der Waals surface area contributed by atoms with Gasteiger partial charge in [0.15, 0.2) is 0 Å². The summed E-state index contributed by atoms with van der Waals surface area (Å²) in [4.78, 5) is 15.8. The molecular formula is C21H26N2O4S2. The van der Waals surface area contributed by atoms with Crippen LogP contribution in [0.3, 0.4) is 0 Å². The number of rotatable bonds is 6. The number of likely N-dealkylation sites (tertiary alicyclic amines) is 1. The van der Waals surface area contributed by atoms with Gasteiger partial charge >= 0.3 is 0 Å². The highest BCUT2D eigenvalue weighted by atomic mass is 32.2. The maximum atomic E-state index is 13.1. The Morgan fingerprint density at radius 3 is 2.45 bits per heavy atom. The third-order valence-corrected chi connectivity index (χ3v) is 7.10. The summed E-state index contributed by atoms with van der Waals surface area (Å²) in [7, 11) is -2.32. The topological polar surface area (TPSA) is 75.7 Å². The van der Waals surface area contributed by atoms with E-state index >= 15 is 0 Å². The van der Waals surface area contributed by atoms with Crippen LogP contribution < -0.4 is 9.46 Å². The lowest BCUT2D eigenvalue weighted by atomic mass is 10.2. The molecule has 2 aromatic rings. The number of anilines is 1. The molecule has 0 bridgehead atoms. The monoisotopic (exact) mass is 434 g/mol. The SMILES string of the molecule is COc1cccc(NS(=O)(=O)c2ccc(SC)c(C(=O)N3CCCCCC3)c2)c1. The Labute approximate surface area is 176 Å². The van der Waals surface area contributed by atoms with Crippen molar-refractivity contribution in [3.05, 3.63) is 48.0 Å². The Hall–Kier alpha value is -2.19. The standard InChI is InChI=1S/C21H26N2O4S2/c1-27-17-9-7-8-16(14-17)22-29(25,26)18-10-11-20(28-2)19(15-18)21(24)23-12-5-3-4-6-13-23/h7-11,14-15,22H,3-6,12-13H2,1-2H3. The molecule has 8 heteroatoms. The molecule has 0 aromatic heterocycles. The number of thioether (sulfide) groups is 1. The largest absolute Gasteiger partial charge is 0.497 e. The van der Waals surface area contributed by atoms with Gasteiger partial charge in [0.1, 0.15) is 5.75 Å². The summed E-state index contributed by atoms with van der Waals surface area (Å²) in [5.74, 6) is 0.453. The first-order valence-corrected chi connectivity index (χ1v) is 12.3. The summed E-state index contributed by atoms with van der Waals surface area (Å²) in [5, 5.41) is 0. The minimum Gasteiger partial charge on any atom is -0.497 e. The molecule has 1 aliphatic heterocycles. The van der Waals surface area contributed by atoms with Gasteiger partial charge in [-0.1, -0.05) is 18.9 Å². The summed E-state index contributed by atoms with van der Waals surface area (Å²) < 4.78 is 33.6. The zero-order valence-corrected chi connectivity index (χ0v) is 18.3. The van der Waals surface area contributed by atoms with Crippen molar-refractivity contribution in [3.8, 4) is 5.75 Å². The van der Waals surface area contributed by atoms with E-state index in [1.807, 2.05) is 11.2 Å². The molecule has 6 nitrogen and oxygen atoms in total. The van der Waals surface area contributed by atoms with Crippen LogP contribution in [0.1, 0.15) is 36.0 Å². The number of hydrogen-bond acceptors (Lipinski definition) is 5. The number of carbonyl (C=O) groups is 1. The van der Waals surface area contributed by atoms with Crippen LogP contribution in [-0.4, -0.2) is 45.7 Å². The van der Waals surface area contributed by atoms with Gasteiger partial charge in [-0.05, 0) is 49.4 Å². The third kappa shape index (κ3) is 5.25. The van der Waals surface area contributed by atoms with Crippen molar-refractivity contribution >= 4 is 33.4 Å². The normalized spacial score (nSPS) is 14.9. The molecule has 0 radical (unpaired) electrons. The van der Waals surface area contributed by atoms with E-state index in [0.29, 0.717) is 30.1 Å². The lowest BCUT2D eigenvalue weighted by Gasteiger charge is -2.22. The van der Waals surface area contributed by atoms with E-state index in [1.165, 1.54) is 31.0 Å². The van der Waals surface area contributed by atoms with Gasteiger partial charge < -0.3 is 9.64 Å². The minimum atomic E-state index is -3.84. The molecule has 0 aliphatic carbocycles. The van der Waals surface area contributed by atoms with Crippen molar-refractivity contribution in [1.29, 1.82) is 0 Å². The van der Waals surface area contributed by atoms with E-state index in [0.717, 1.165) is 30.6 Å². The van der Waals surface area contributed by atoms with E-state index in [4.69, 9.17) is 4.74 Å². The number of nitrogens with one attached hydrogen (secondary N) is 1. The van der Waals surface area contributed by atoms with Crippen LogP contribution in [-0.2, 0) is 10.0 Å². The molecular weight excluding hydrogens is 408 g/mol. The molecule has 0 spiro atoms. The fourth-order valence-electron chi connectivity index (χ4n) is 3.37. The number of methoxy groups -OCH3 is 1. The Morgan fingerprint density at radius 2 is 1.79 bits per heavy atom. The van der Waals surface area contributed by atoms with Crippen LogP contribution in [0, 0.1) is 0 Å². The van der Waals surface area contributed by atoms with Crippen molar-refractivity contribution in [3.63, 3.8) is 0 Å². The van der Waals surface area contributed by atoms with Crippen LogP contribution in [0.2, 0.25) is 0 Å². The van der Waals surface area contributed by atoms with Crippen molar-refractivity contribution < 1.29 is 17.9 Å². The van der Waals surface area contributed by atoms with Crippen molar-refractivity contribution in [1.82, 2.24) is 4.90 Å². The summed E-state index contributed by atoms with van der Waals surface area (Å²) in [6.07, 6.45) is 6.10. The molecule has 1 amide bonds. The molecule has 1 N–H and O–H groups in total. The highest BCUT2D eigenvalue weighted by Gasteiger charge is 2.23. The van der Waals surface area contributed by atoms with Gasteiger partial charge in [0.25, 0.3) is 15.9 Å². The smallest absolute Gasteiger partial charge is 0.261 e. The van der Waals surface area contributed by atoms with Gasteiger partial charge in [0.05, 0.1) is 23.3 Å². The van der Waals surface area contributed by atoms with Crippen molar-refractivity contribution in [2.75, 3.05) is 31.2 Å².